The molecule has 1 aromatic heterocycles. The van der Waals surface area contributed by atoms with Crippen LogP contribution in [0.4, 0.5) is 0 Å². The van der Waals surface area contributed by atoms with Gasteiger partial charge >= 0.3 is 5.97 Å². The Kier molecular flexibility index (Phi) is 6.19. The zero-order valence-corrected chi connectivity index (χ0v) is 13.5. The summed E-state index contributed by atoms with van der Waals surface area (Å²) in [5.74, 6) is -0.0676. The fraction of sp³-hybridized carbons (Fsp3) is 0.562. The Bertz CT molecular complexity index is 511. The van der Waals surface area contributed by atoms with Crippen LogP contribution in [0.2, 0.25) is 5.15 Å². The third kappa shape index (κ3) is 4.98. The average molecular weight is 325 g/mol. The standard InChI is InChI=1S/C16H21ClN2O3/c1-2-3-15(20)19-8-6-13(7-9-19)22-16(21)10-12-4-5-14(17)18-11-12/h4-5,11,13H,2-3,6-10H2,1H3. The van der Waals surface area contributed by atoms with Crippen molar-refractivity contribution in [2.24, 2.45) is 0 Å². The molecule has 0 aliphatic carbocycles. The average Bonchev–Trinajstić information content (AvgIpc) is 2.50. The first kappa shape index (κ1) is 16.7. The quantitative estimate of drug-likeness (QED) is 0.617. The lowest BCUT2D eigenvalue weighted by atomic mass is 10.1. The minimum atomic E-state index is -0.262. The highest BCUT2D eigenvalue weighted by molar-refractivity contribution is 6.29. The number of likely N-dealkylation sites (tertiary alicyclic amines) is 1. The van der Waals surface area contributed by atoms with Crippen LogP contribution in [0, 0.1) is 0 Å². The number of piperidine rings is 1. The van der Waals surface area contributed by atoms with Crippen LogP contribution >= 0.6 is 11.6 Å². The highest BCUT2D eigenvalue weighted by Gasteiger charge is 2.24. The number of aromatic nitrogens is 1. The molecule has 0 unspecified atom stereocenters. The second kappa shape index (κ2) is 8.13. The molecule has 0 saturated carbocycles. The van der Waals surface area contributed by atoms with Crippen LogP contribution in [0.5, 0.6) is 0 Å². The number of carbonyl (C=O) groups excluding carboxylic acids is 2. The Morgan fingerprint density at radius 3 is 2.68 bits per heavy atom. The van der Waals surface area contributed by atoms with Gasteiger partial charge in [-0.15, -0.1) is 0 Å². The Labute approximate surface area is 135 Å². The van der Waals surface area contributed by atoms with Crippen molar-refractivity contribution in [2.45, 2.75) is 45.1 Å². The second-order valence-corrected chi connectivity index (χ2v) is 5.87. The smallest absolute Gasteiger partial charge is 0.310 e. The largest absolute Gasteiger partial charge is 0.462 e. The van der Waals surface area contributed by atoms with Gasteiger partial charge in [-0.25, -0.2) is 4.98 Å². The summed E-state index contributed by atoms with van der Waals surface area (Å²) in [5, 5.41) is 0.404. The number of carbonyl (C=O) groups is 2. The fourth-order valence-corrected chi connectivity index (χ4v) is 2.61. The molecule has 22 heavy (non-hydrogen) atoms. The molecule has 0 radical (unpaired) electrons. The number of nitrogens with zero attached hydrogens (tertiary/aromatic N) is 2. The molecule has 2 heterocycles. The molecule has 1 aliphatic heterocycles. The van der Waals surface area contributed by atoms with Crippen molar-refractivity contribution in [1.82, 2.24) is 9.88 Å². The van der Waals surface area contributed by atoms with E-state index in [4.69, 9.17) is 16.3 Å². The molecule has 5 nitrogen and oxygen atoms in total. The highest BCUT2D eigenvalue weighted by Crippen LogP contribution is 2.16. The number of hydrogen-bond acceptors (Lipinski definition) is 4. The molecule has 0 spiro atoms. The minimum absolute atomic E-state index is 0.0987. The minimum Gasteiger partial charge on any atom is -0.462 e. The monoisotopic (exact) mass is 324 g/mol. The van der Waals surface area contributed by atoms with Gasteiger partial charge in [-0.3, -0.25) is 9.59 Å². The first-order valence-electron chi connectivity index (χ1n) is 7.66. The molecule has 0 bridgehead atoms. The zero-order valence-electron chi connectivity index (χ0n) is 12.8. The van der Waals surface area contributed by atoms with E-state index < -0.39 is 0 Å². The molecular formula is C16H21ClN2O3. The topological polar surface area (TPSA) is 59.5 Å². The predicted molar refractivity (Wildman–Crippen MR) is 83.6 cm³/mol. The summed E-state index contributed by atoms with van der Waals surface area (Å²) in [7, 11) is 0. The number of esters is 1. The maximum absolute atomic E-state index is 11.9. The summed E-state index contributed by atoms with van der Waals surface area (Å²) in [6.07, 6.45) is 4.55. The van der Waals surface area contributed by atoms with Crippen molar-refractivity contribution in [3.05, 3.63) is 29.0 Å². The van der Waals surface area contributed by atoms with E-state index in [2.05, 4.69) is 4.98 Å². The fourth-order valence-electron chi connectivity index (χ4n) is 2.50. The van der Waals surface area contributed by atoms with Gasteiger partial charge in [0.05, 0.1) is 6.42 Å². The van der Waals surface area contributed by atoms with Crippen LogP contribution < -0.4 is 0 Å². The lowest BCUT2D eigenvalue weighted by molar-refractivity contribution is -0.151. The predicted octanol–water partition coefficient (Wildman–Crippen LogP) is 2.61. The maximum atomic E-state index is 11.9. The van der Waals surface area contributed by atoms with Gasteiger partial charge in [0, 0.05) is 38.5 Å². The Balaban J connectivity index is 1.74. The summed E-state index contributed by atoms with van der Waals surface area (Å²) >= 11 is 5.71. The number of halogens is 1. The summed E-state index contributed by atoms with van der Waals surface area (Å²) in [6.45, 7) is 3.33. The van der Waals surface area contributed by atoms with Crippen LogP contribution in [-0.4, -0.2) is 41.0 Å². The molecule has 0 aromatic carbocycles. The van der Waals surface area contributed by atoms with E-state index in [1.165, 1.54) is 0 Å². The van der Waals surface area contributed by atoms with Gasteiger partial charge < -0.3 is 9.64 Å². The molecule has 120 valence electrons. The molecule has 2 rings (SSSR count). The zero-order chi connectivity index (χ0) is 15.9. The van der Waals surface area contributed by atoms with Crippen molar-refractivity contribution in [1.29, 1.82) is 0 Å². The van der Waals surface area contributed by atoms with E-state index in [0.717, 1.165) is 12.0 Å². The third-order valence-corrected chi connectivity index (χ3v) is 3.92. The molecule has 1 fully saturated rings. The van der Waals surface area contributed by atoms with Crippen LogP contribution in [0.3, 0.4) is 0 Å². The van der Waals surface area contributed by atoms with Gasteiger partial charge in [-0.05, 0) is 18.1 Å². The van der Waals surface area contributed by atoms with Crippen molar-refractivity contribution >= 4 is 23.5 Å². The van der Waals surface area contributed by atoms with Crippen LogP contribution in [0.1, 0.15) is 38.2 Å². The van der Waals surface area contributed by atoms with Crippen LogP contribution in [0.25, 0.3) is 0 Å². The maximum Gasteiger partial charge on any atom is 0.310 e. The Hall–Kier alpha value is -1.62. The highest BCUT2D eigenvalue weighted by atomic mass is 35.5. The number of ether oxygens (including phenoxy) is 1. The van der Waals surface area contributed by atoms with Gasteiger partial charge in [-0.2, -0.15) is 0 Å². The second-order valence-electron chi connectivity index (χ2n) is 5.49. The van der Waals surface area contributed by atoms with Crippen LogP contribution in [0.15, 0.2) is 18.3 Å². The van der Waals surface area contributed by atoms with Crippen molar-refractivity contribution in [3.8, 4) is 0 Å². The van der Waals surface area contributed by atoms with E-state index in [9.17, 15) is 9.59 Å². The molecule has 0 N–H and O–H groups in total. The summed E-state index contributed by atoms with van der Waals surface area (Å²) in [4.78, 5) is 29.5. The van der Waals surface area contributed by atoms with Gasteiger partial charge in [0.2, 0.25) is 5.91 Å². The van der Waals surface area contributed by atoms with Gasteiger partial charge in [0.1, 0.15) is 11.3 Å². The lowest BCUT2D eigenvalue weighted by Gasteiger charge is -2.31. The first-order chi connectivity index (χ1) is 10.6. The van der Waals surface area contributed by atoms with Gasteiger partial charge in [0.15, 0.2) is 0 Å². The van der Waals surface area contributed by atoms with Gasteiger partial charge in [-0.1, -0.05) is 24.6 Å². The summed E-state index contributed by atoms with van der Waals surface area (Å²) in [6, 6.07) is 3.42. The van der Waals surface area contributed by atoms with E-state index in [1.54, 1.807) is 18.3 Å². The van der Waals surface area contributed by atoms with Gasteiger partial charge in [0.25, 0.3) is 0 Å². The molecule has 1 amide bonds. The molecule has 1 aromatic rings. The lowest BCUT2D eigenvalue weighted by Crippen LogP contribution is -2.41. The number of amides is 1. The molecule has 0 atom stereocenters. The Morgan fingerprint density at radius 1 is 1.36 bits per heavy atom. The number of rotatable bonds is 5. The van der Waals surface area contributed by atoms with E-state index in [0.29, 0.717) is 37.5 Å². The molecule has 1 saturated heterocycles. The van der Waals surface area contributed by atoms with Crippen molar-refractivity contribution < 1.29 is 14.3 Å². The molecule has 1 aliphatic rings. The van der Waals surface area contributed by atoms with Crippen LogP contribution in [-0.2, 0) is 20.7 Å². The third-order valence-electron chi connectivity index (χ3n) is 3.69. The van der Waals surface area contributed by atoms with Crippen molar-refractivity contribution in [2.75, 3.05) is 13.1 Å². The van der Waals surface area contributed by atoms with Crippen molar-refractivity contribution in [3.63, 3.8) is 0 Å². The Morgan fingerprint density at radius 2 is 2.09 bits per heavy atom. The number of pyridine rings is 1. The molecule has 6 heteroatoms. The summed E-state index contributed by atoms with van der Waals surface area (Å²) in [5.41, 5.74) is 0.782. The normalized spacial score (nSPS) is 15.6. The first-order valence-corrected chi connectivity index (χ1v) is 8.04. The molecular weight excluding hydrogens is 304 g/mol. The van der Waals surface area contributed by atoms with E-state index in [1.807, 2.05) is 11.8 Å². The van der Waals surface area contributed by atoms with E-state index >= 15 is 0 Å². The SMILES string of the molecule is CCCC(=O)N1CCC(OC(=O)Cc2ccc(Cl)nc2)CC1. The van der Waals surface area contributed by atoms with E-state index in [-0.39, 0.29) is 24.4 Å². The summed E-state index contributed by atoms with van der Waals surface area (Å²) < 4.78 is 5.48. The number of hydrogen-bond donors (Lipinski definition) is 0.